The van der Waals surface area contributed by atoms with Crippen molar-refractivity contribution in [3.05, 3.63) is 28.5 Å². The minimum absolute atomic E-state index is 0.475. The van der Waals surface area contributed by atoms with Gasteiger partial charge >= 0.3 is 0 Å². The SMILES string of the molecule is Cc1cc(Cl)cnc1CN. The Morgan fingerprint density at radius 1 is 1.70 bits per heavy atom. The summed E-state index contributed by atoms with van der Waals surface area (Å²) in [5.41, 5.74) is 7.35. The molecule has 0 aliphatic rings. The van der Waals surface area contributed by atoms with Crippen molar-refractivity contribution in [1.29, 1.82) is 0 Å². The van der Waals surface area contributed by atoms with E-state index in [4.69, 9.17) is 17.3 Å². The normalized spacial score (nSPS) is 9.90. The summed E-state index contributed by atoms with van der Waals surface area (Å²) < 4.78 is 0. The summed E-state index contributed by atoms with van der Waals surface area (Å²) in [6.07, 6.45) is 1.61. The first kappa shape index (κ1) is 7.51. The lowest BCUT2D eigenvalue weighted by atomic mass is 10.2. The lowest BCUT2D eigenvalue weighted by molar-refractivity contribution is 0.969. The molecule has 54 valence electrons. The molecule has 1 rings (SSSR count). The number of aromatic nitrogens is 1. The summed E-state index contributed by atoms with van der Waals surface area (Å²) >= 11 is 5.67. The smallest absolute Gasteiger partial charge is 0.0592 e. The van der Waals surface area contributed by atoms with Gasteiger partial charge in [0.1, 0.15) is 0 Å². The van der Waals surface area contributed by atoms with E-state index in [-0.39, 0.29) is 0 Å². The van der Waals surface area contributed by atoms with E-state index in [0.717, 1.165) is 11.3 Å². The van der Waals surface area contributed by atoms with Crippen LogP contribution in [0.5, 0.6) is 0 Å². The third-order valence-electron chi connectivity index (χ3n) is 1.35. The maximum atomic E-state index is 5.67. The van der Waals surface area contributed by atoms with Crippen LogP contribution in [-0.2, 0) is 6.54 Å². The van der Waals surface area contributed by atoms with Crippen LogP contribution in [0.2, 0.25) is 5.02 Å². The van der Waals surface area contributed by atoms with E-state index in [2.05, 4.69) is 4.98 Å². The van der Waals surface area contributed by atoms with Gasteiger partial charge in [0.05, 0.1) is 10.7 Å². The molecule has 0 aromatic carbocycles. The molecule has 0 atom stereocenters. The summed E-state index contributed by atoms with van der Waals surface area (Å²) in [5.74, 6) is 0. The zero-order valence-electron chi connectivity index (χ0n) is 5.76. The second kappa shape index (κ2) is 2.99. The average Bonchev–Trinajstić information content (AvgIpc) is 1.88. The Morgan fingerprint density at radius 2 is 2.40 bits per heavy atom. The van der Waals surface area contributed by atoms with E-state index in [0.29, 0.717) is 11.6 Å². The standard InChI is InChI=1S/C7H9ClN2/c1-5-2-6(8)4-10-7(5)3-9/h2,4H,3,9H2,1H3. The van der Waals surface area contributed by atoms with Gasteiger partial charge in [-0.1, -0.05) is 11.6 Å². The first-order valence-electron chi connectivity index (χ1n) is 3.05. The Hall–Kier alpha value is -0.600. The Morgan fingerprint density at radius 3 is 2.90 bits per heavy atom. The van der Waals surface area contributed by atoms with Crippen LogP contribution in [0.4, 0.5) is 0 Å². The zero-order chi connectivity index (χ0) is 7.56. The van der Waals surface area contributed by atoms with Crippen LogP contribution in [0.25, 0.3) is 0 Å². The molecule has 0 radical (unpaired) electrons. The highest BCUT2D eigenvalue weighted by molar-refractivity contribution is 6.30. The van der Waals surface area contributed by atoms with Gasteiger partial charge in [-0.15, -0.1) is 0 Å². The van der Waals surface area contributed by atoms with E-state index in [1.54, 1.807) is 6.20 Å². The molecule has 0 amide bonds. The second-order valence-electron chi connectivity index (χ2n) is 2.12. The number of hydrogen-bond donors (Lipinski definition) is 1. The van der Waals surface area contributed by atoms with Crippen LogP contribution in [0, 0.1) is 6.92 Å². The minimum atomic E-state index is 0.475. The van der Waals surface area contributed by atoms with Crippen molar-refractivity contribution in [2.24, 2.45) is 5.73 Å². The van der Waals surface area contributed by atoms with Crippen molar-refractivity contribution < 1.29 is 0 Å². The van der Waals surface area contributed by atoms with Crippen molar-refractivity contribution in [3.63, 3.8) is 0 Å². The molecule has 0 aliphatic heterocycles. The number of nitrogens with zero attached hydrogens (tertiary/aromatic N) is 1. The molecule has 0 fully saturated rings. The predicted molar refractivity (Wildman–Crippen MR) is 41.9 cm³/mol. The van der Waals surface area contributed by atoms with Crippen LogP contribution in [0.3, 0.4) is 0 Å². The van der Waals surface area contributed by atoms with E-state index in [1.165, 1.54) is 0 Å². The number of aryl methyl sites for hydroxylation is 1. The molecule has 1 aromatic rings. The number of nitrogens with two attached hydrogens (primary N) is 1. The molecule has 0 saturated carbocycles. The molecule has 0 unspecified atom stereocenters. The van der Waals surface area contributed by atoms with Gasteiger partial charge in [-0.2, -0.15) is 0 Å². The highest BCUT2D eigenvalue weighted by Crippen LogP contribution is 2.10. The molecule has 1 heterocycles. The average molecular weight is 157 g/mol. The Kier molecular flexibility index (Phi) is 2.25. The topological polar surface area (TPSA) is 38.9 Å². The van der Waals surface area contributed by atoms with Gasteiger partial charge in [-0.05, 0) is 18.6 Å². The molecule has 2 nitrogen and oxygen atoms in total. The predicted octanol–water partition coefficient (Wildman–Crippen LogP) is 1.50. The summed E-state index contributed by atoms with van der Waals surface area (Å²) in [6.45, 7) is 2.42. The van der Waals surface area contributed by atoms with Crippen molar-refractivity contribution in [2.75, 3.05) is 0 Å². The summed E-state index contributed by atoms with van der Waals surface area (Å²) in [4.78, 5) is 4.04. The summed E-state index contributed by atoms with van der Waals surface area (Å²) in [5, 5.41) is 0.662. The van der Waals surface area contributed by atoms with Gasteiger partial charge in [0.25, 0.3) is 0 Å². The third-order valence-corrected chi connectivity index (χ3v) is 1.55. The molecule has 0 spiro atoms. The first-order valence-corrected chi connectivity index (χ1v) is 3.43. The maximum absolute atomic E-state index is 5.67. The highest BCUT2D eigenvalue weighted by Gasteiger charge is 1.96. The first-order chi connectivity index (χ1) is 4.74. The van der Waals surface area contributed by atoms with E-state index in [9.17, 15) is 0 Å². The Balaban J connectivity index is 3.07. The molecule has 0 aliphatic carbocycles. The second-order valence-corrected chi connectivity index (χ2v) is 2.56. The van der Waals surface area contributed by atoms with Crippen LogP contribution < -0.4 is 5.73 Å². The van der Waals surface area contributed by atoms with Crippen molar-refractivity contribution in [1.82, 2.24) is 4.98 Å². The van der Waals surface area contributed by atoms with Gasteiger partial charge in [0.2, 0.25) is 0 Å². The van der Waals surface area contributed by atoms with E-state index < -0.39 is 0 Å². The molecule has 2 N–H and O–H groups in total. The van der Waals surface area contributed by atoms with Gasteiger partial charge in [0, 0.05) is 12.7 Å². The van der Waals surface area contributed by atoms with Crippen molar-refractivity contribution >= 4 is 11.6 Å². The van der Waals surface area contributed by atoms with Gasteiger partial charge in [-0.3, -0.25) is 4.98 Å². The minimum Gasteiger partial charge on any atom is -0.325 e. The van der Waals surface area contributed by atoms with Gasteiger partial charge in [0.15, 0.2) is 0 Å². The Bertz CT molecular complexity index is 235. The van der Waals surface area contributed by atoms with Crippen molar-refractivity contribution in [3.8, 4) is 0 Å². The third kappa shape index (κ3) is 1.46. The largest absolute Gasteiger partial charge is 0.325 e. The van der Waals surface area contributed by atoms with Gasteiger partial charge < -0.3 is 5.73 Å². The zero-order valence-corrected chi connectivity index (χ0v) is 6.52. The molecular formula is C7H9ClN2. The van der Waals surface area contributed by atoms with E-state index in [1.807, 2.05) is 13.0 Å². The molecule has 1 aromatic heterocycles. The number of hydrogen-bond acceptors (Lipinski definition) is 2. The van der Waals surface area contributed by atoms with E-state index >= 15 is 0 Å². The quantitative estimate of drug-likeness (QED) is 0.670. The number of rotatable bonds is 1. The lowest BCUT2D eigenvalue weighted by Gasteiger charge is -1.99. The van der Waals surface area contributed by atoms with Crippen LogP contribution >= 0.6 is 11.6 Å². The van der Waals surface area contributed by atoms with Crippen LogP contribution in [0.15, 0.2) is 12.3 Å². The monoisotopic (exact) mass is 156 g/mol. The Labute approximate surface area is 65.0 Å². The van der Waals surface area contributed by atoms with Crippen LogP contribution in [-0.4, -0.2) is 4.98 Å². The molecule has 10 heavy (non-hydrogen) atoms. The molecule has 0 saturated heterocycles. The lowest BCUT2D eigenvalue weighted by Crippen LogP contribution is -2.01. The fraction of sp³-hybridized carbons (Fsp3) is 0.286. The molecule has 3 heteroatoms. The fourth-order valence-corrected chi connectivity index (χ4v) is 0.995. The summed E-state index contributed by atoms with van der Waals surface area (Å²) in [7, 11) is 0. The number of pyridine rings is 1. The number of halogens is 1. The maximum Gasteiger partial charge on any atom is 0.0592 e. The van der Waals surface area contributed by atoms with Gasteiger partial charge in [-0.25, -0.2) is 0 Å². The van der Waals surface area contributed by atoms with Crippen molar-refractivity contribution in [2.45, 2.75) is 13.5 Å². The molecule has 0 bridgehead atoms. The summed E-state index contributed by atoms with van der Waals surface area (Å²) in [6, 6.07) is 1.86. The molecular weight excluding hydrogens is 148 g/mol. The fourth-order valence-electron chi connectivity index (χ4n) is 0.782. The highest BCUT2D eigenvalue weighted by atomic mass is 35.5. The van der Waals surface area contributed by atoms with Crippen LogP contribution in [0.1, 0.15) is 11.3 Å².